The quantitative estimate of drug-likeness (QED) is 0.440. The molecule has 1 aliphatic rings. The van der Waals surface area contributed by atoms with Gasteiger partial charge in [-0.15, -0.1) is 0 Å². The number of piperidine rings is 1. The molecular weight excluding hydrogens is 447 g/mol. The van der Waals surface area contributed by atoms with Crippen molar-refractivity contribution in [3.8, 4) is 11.4 Å². The molecule has 10 heteroatoms. The number of aromatic nitrogens is 3. The zero-order chi connectivity index (χ0) is 24.9. The molecule has 0 bridgehead atoms. The second-order valence-electron chi connectivity index (χ2n) is 7.87. The molecule has 1 saturated heterocycles. The zero-order valence-corrected chi connectivity index (χ0v) is 19.2. The maximum Gasteiger partial charge on any atom is 0.417 e. The standard InChI is InChI=1S/C24H26F3N5O2/c1-5-20(30-14-15(2)24(25,26)27)34-19-8-6-13-32(17(19)4)23(33)21-18(10-9-16(3)31-21)22-28-11-7-12-29-22/h5,7,9-12,14,17,19H,2,6,8,13H2,1,3-4H3/b20-5+,30-14-/t17-,19+/m0/s1. The molecule has 0 unspecified atom stereocenters. The van der Waals surface area contributed by atoms with Crippen LogP contribution < -0.4 is 0 Å². The second kappa shape index (κ2) is 10.6. The molecule has 0 spiro atoms. The van der Waals surface area contributed by atoms with E-state index in [1.165, 1.54) is 6.08 Å². The summed E-state index contributed by atoms with van der Waals surface area (Å²) in [7, 11) is 0. The summed E-state index contributed by atoms with van der Waals surface area (Å²) in [5.41, 5.74) is 0.362. The first-order valence-electron chi connectivity index (χ1n) is 10.8. The van der Waals surface area contributed by atoms with Crippen LogP contribution in [-0.4, -0.2) is 56.8 Å². The summed E-state index contributed by atoms with van der Waals surface area (Å²) in [6.45, 7) is 8.71. The molecule has 1 fully saturated rings. The molecule has 180 valence electrons. The van der Waals surface area contributed by atoms with Crippen molar-refractivity contribution < 1.29 is 22.7 Å². The van der Waals surface area contributed by atoms with Gasteiger partial charge in [0, 0.05) is 30.8 Å². The molecule has 2 aromatic heterocycles. The highest BCUT2D eigenvalue weighted by Crippen LogP contribution is 2.28. The number of allylic oxidation sites excluding steroid dienone is 2. The van der Waals surface area contributed by atoms with Gasteiger partial charge >= 0.3 is 6.18 Å². The third-order valence-corrected chi connectivity index (χ3v) is 5.45. The van der Waals surface area contributed by atoms with Gasteiger partial charge in [-0.05, 0) is 57.9 Å². The lowest BCUT2D eigenvalue weighted by Gasteiger charge is -2.39. The number of ether oxygens (including phenoxy) is 1. The number of pyridine rings is 1. The maximum absolute atomic E-state index is 13.6. The molecule has 0 radical (unpaired) electrons. The Hall–Kier alpha value is -3.56. The number of aryl methyl sites for hydroxylation is 1. The van der Waals surface area contributed by atoms with E-state index in [1.54, 1.807) is 49.3 Å². The van der Waals surface area contributed by atoms with E-state index in [-0.39, 0.29) is 23.5 Å². The summed E-state index contributed by atoms with van der Waals surface area (Å²) >= 11 is 0. The molecule has 0 saturated carbocycles. The van der Waals surface area contributed by atoms with Gasteiger partial charge < -0.3 is 9.64 Å². The number of carbonyl (C=O) groups excluding carboxylic acids is 1. The molecule has 2 atom stereocenters. The number of hydrogen-bond donors (Lipinski definition) is 0. The topological polar surface area (TPSA) is 80.6 Å². The van der Waals surface area contributed by atoms with E-state index < -0.39 is 17.9 Å². The van der Waals surface area contributed by atoms with Crippen LogP contribution in [-0.2, 0) is 4.74 Å². The fraction of sp³-hybridized carbons (Fsp3) is 0.375. The normalized spacial score (nSPS) is 19.4. The predicted octanol–water partition coefficient (Wildman–Crippen LogP) is 4.91. The Morgan fingerprint density at radius 2 is 2.00 bits per heavy atom. The Balaban J connectivity index is 1.81. The zero-order valence-electron chi connectivity index (χ0n) is 19.2. The largest absolute Gasteiger partial charge is 0.472 e. The van der Waals surface area contributed by atoms with Crippen LogP contribution in [0.1, 0.15) is 42.9 Å². The highest BCUT2D eigenvalue weighted by atomic mass is 19.4. The molecule has 34 heavy (non-hydrogen) atoms. The number of aliphatic imine (C=N–C) groups is 1. The third-order valence-electron chi connectivity index (χ3n) is 5.45. The number of carbonyl (C=O) groups is 1. The van der Waals surface area contributed by atoms with Crippen LogP contribution in [0.4, 0.5) is 13.2 Å². The molecule has 0 N–H and O–H groups in total. The number of nitrogens with zero attached hydrogens (tertiary/aromatic N) is 5. The molecular formula is C24H26F3N5O2. The van der Waals surface area contributed by atoms with Crippen LogP contribution >= 0.6 is 0 Å². The Morgan fingerprint density at radius 1 is 1.29 bits per heavy atom. The third kappa shape index (κ3) is 5.86. The molecule has 2 aromatic rings. The Bertz CT molecular complexity index is 1100. The van der Waals surface area contributed by atoms with E-state index in [4.69, 9.17) is 4.74 Å². The summed E-state index contributed by atoms with van der Waals surface area (Å²) in [5.74, 6) is 0.137. The van der Waals surface area contributed by atoms with Crippen molar-refractivity contribution in [1.82, 2.24) is 19.9 Å². The van der Waals surface area contributed by atoms with Crippen molar-refractivity contribution in [3.05, 3.63) is 66.1 Å². The smallest absolute Gasteiger partial charge is 0.417 e. The Kier molecular flexibility index (Phi) is 7.80. The SMILES string of the molecule is C=C(/C=N\C(=C/C)O[C@@H]1CCCN(C(=O)c2nc(C)ccc2-c2ncccn2)[C@H]1C)C(F)(F)F. The summed E-state index contributed by atoms with van der Waals surface area (Å²) in [6.07, 6.45) is 1.54. The average Bonchev–Trinajstić information content (AvgIpc) is 2.82. The molecule has 1 amide bonds. The van der Waals surface area contributed by atoms with Gasteiger partial charge in [-0.25, -0.2) is 19.9 Å². The van der Waals surface area contributed by atoms with E-state index in [9.17, 15) is 18.0 Å². The number of hydrogen-bond acceptors (Lipinski definition) is 6. The van der Waals surface area contributed by atoms with Gasteiger partial charge in [0.15, 0.2) is 5.82 Å². The molecule has 3 rings (SSSR count). The van der Waals surface area contributed by atoms with Crippen LogP contribution in [0.2, 0.25) is 0 Å². The van der Waals surface area contributed by atoms with Gasteiger partial charge in [-0.3, -0.25) is 4.79 Å². The maximum atomic E-state index is 13.6. The predicted molar refractivity (Wildman–Crippen MR) is 122 cm³/mol. The van der Waals surface area contributed by atoms with Gasteiger partial charge in [0.1, 0.15) is 11.8 Å². The second-order valence-corrected chi connectivity index (χ2v) is 7.87. The molecule has 3 heterocycles. The average molecular weight is 473 g/mol. The van der Waals surface area contributed by atoms with Crippen molar-refractivity contribution >= 4 is 12.1 Å². The van der Waals surface area contributed by atoms with Crippen molar-refractivity contribution in [2.75, 3.05) is 6.54 Å². The van der Waals surface area contributed by atoms with Crippen molar-refractivity contribution in [1.29, 1.82) is 0 Å². The lowest BCUT2D eigenvalue weighted by Crippen LogP contribution is -2.50. The minimum Gasteiger partial charge on any atom is -0.472 e. The monoisotopic (exact) mass is 473 g/mol. The number of halogens is 3. The summed E-state index contributed by atoms with van der Waals surface area (Å²) in [6, 6.07) is 4.88. The lowest BCUT2D eigenvalue weighted by molar-refractivity contribution is -0.0852. The van der Waals surface area contributed by atoms with Gasteiger partial charge in [0.25, 0.3) is 5.91 Å². The molecule has 1 aliphatic heterocycles. The van der Waals surface area contributed by atoms with Gasteiger partial charge in [0.2, 0.25) is 5.88 Å². The number of rotatable bonds is 6. The lowest BCUT2D eigenvalue weighted by atomic mass is 9.98. The van der Waals surface area contributed by atoms with Crippen molar-refractivity contribution in [3.63, 3.8) is 0 Å². The van der Waals surface area contributed by atoms with Crippen molar-refractivity contribution in [2.24, 2.45) is 4.99 Å². The van der Waals surface area contributed by atoms with Gasteiger partial charge in [-0.1, -0.05) is 6.58 Å². The van der Waals surface area contributed by atoms with Crippen molar-refractivity contribution in [2.45, 2.75) is 51.9 Å². The highest BCUT2D eigenvalue weighted by Gasteiger charge is 2.35. The van der Waals surface area contributed by atoms with E-state index in [1.807, 2.05) is 6.92 Å². The van der Waals surface area contributed by atoms with E-state index in [0.717, 1.165) is 0 Å². The highest BCUT2D eigenvalue weighted by molar-refractivity contribution is 5.98. The summed E-state index contributed by atoms with van der Waals surface area (Å²) in [5, 5.41) is 0. The van der Waals surface area contributed by atoms with Gasteiger partial charge in [0.05, 0.1) is 17.2 Å². The van der Waals surface area contributed by atoms with E-state index in [0.29, 0.717) is 42.7 Å². The van der Waals surface area contributed by atoms with Crippen LogP contribution in [0.25, 0.3) is 11.4 Å². The number of likely N-dealkylation sites (tertiary alicyclic amines) is 1. The Morgan fingerprint density at radius 3 is 2.65 bits per heavy atom. The molecule has 0 aliphatic carbocycles. The number of alkyl halides is 3. The first-order valence-corrected chi connectivity index (χ1v) is 10.8. The number of amides is 1. The minimum atomic E-state index is -4.56. The summed E-state index contributed by atoms with van der Waals surface area (Å²) in [4.78, 5) is 32.0. The van der Waals surface area contributed by atoms with Crippen LogP contribution in [0.3, 0.4) is 0 Å². The summed E-state index contributed by atoms with van der Waals surface area (Å²) < 4.78 is 44.0. The molecule has 7 nitrogen and oxygen atoms in total. The van der Waals surface area contributed by atoms with E-state index in [2.05, 4.69) is 26.5 Å². The first-order chi connectivity index (χ1) is 16.1. The first kappa shape index (κ1) is 25.1. The fourth-order valence-corrected chi connectivity index (χ4v) is 3.57. The minimum absolute atomic E-state index is 0.0311. The van der Waals surface area contributed by atoms with Crippen LogP contribution in [0.5, 0.6) is 0 Å². The van der Waals surface area contributed by atoms with Crippen LogP contribution in [0.15, 0.2) is 59.7 Å². The van der Waals surface area contributed by atoms with Gasteiger partial charge in [-0.2, -0.15) is 13.2 Å². The fourth-order valence-electron chi connectivity index (χ4n) is 3.57. The Labute approximate surface area is 196 Å². The van der Waals surface area contributed by atoms with E-state index >= 15 is 0 Å². The van der Waals surface area contributed by atoms with Crippen LogP contribution in [0, 0.1) is 6.92 Å². The molecule has 0 aromatic carbocycles.